The molecule has 0 bridgehead atoms. The molecule has 108 valence electrons. The number of carbonyl (C=O) groups excluding carboxylic acids is 1. The number of carbonyl (C=O) groups is 1. The normalized spacial score (nSPS) is 13.9. The molecule has 0 aliphatic carbocycles. The number of nitrogens with two attached hydrogens (primary N) is 1. The Labute approximate surface area is 129 Å². The fraction of sp³-hybridized carbons (Fsp3) is 0.235. The third kappa shape index (κ3) is 2.61. The summed E-state index contributed by atoms with van der Waals surface area (Å²) in [7, 11) is 0. The van der Waals surface area contributed by atoms with Gasteiger partial charge in [-0.3, -0.25) is 4.79 Å². The summed E-state index contributed by atoms with van der Waals surface area (Å²) in [4.78, 5) is 14.4. The monoisotopic (exact) mass is 300 g/mol. The van der Waals surface area contributed by atoms with E-state index >= 15 is 0 Å². The summed E-state index contributed by atoms with van der Waals surface area (Å²) in [6, 6.07) is 11.3. The van der Waals surface area contributed by atoms with Crippen LogP contribution in [0, 0.1) is 6.92 Å². The van der Waals surface area contributed by atoms with Crippen LogP contribution < -0.4 is 5.73 Å². The van der Waals surface area contributed by atoms with E-state index in [1.807, 2.05) is 42.2 Å². The van der Waals surface area contributed by atoms with Gasteiger partial charge >= 0.3 is 0 Å². The highest BCUT2D eigenvalue weighted by atomic mass is 35.5. The van der Waals surface area contributed by atoms with Gasteiger partial charge in [0, 0.05) is 29.4 Å². The van der Waals surface area contributed by atoms with Gasteiger partial charge in [0.2, 0.25) is 0 Å². The summed E-state index contributed by atoms with van der Waals surface area (Å²) in [5.41, 5.74) is 10.7. The Morgan fingerprint density at radius 3 is 2.86 bits per heavy atom. The molecule has 3 nitrogen and oxygen atoms in total. The summed E-state index contributed by atoms with van der Waals surface area (Å²) < 4.78 is 0. The molecule has 0 spiro atoms. The third-order valence-electron chi connectivity index (χ3n) is 4.01. The highest BCUT2D eigenvalue weighted by Gasteiger charge is 2.23. The van der Waals surface area contributed by atoms with E-state index in [2.05, 4.69) is 0 Å². The van der Waals surface area contributed by atoms with Gasteiger partial charge in [0.25, 0.3) is 5.91 Å². The largest absolute Gasteiger partial charge is 0.398 e. The zero-order valence-corrected chi connectivity index (χ0v) is 12.7. The van der Waals surface area contributed by atoms with E-state index in [1.165, 1.54) is 5.56 Å². The molecular formula is C17H17ClN2O. The Hall–Kier alpha value is -2.00. The summed E-state index contributed by atoms with van der Waals surface area (Å²) in [5.74, 6) is 0.0185. The molecule has 1 heterocycles. The molecular weight excluding hydrogens is 284 g/mol. The molecule has 0 fully saturated rings. The van der Waals surface area contributed by atoms with Crippen molar-refractivity contribution in [3.63, 3.8) is 0 Å². The molecule has 1 aliphatic rings. The number of aryl methyl sites for hydroxylation is 1. The molecule has 3 rings (SSSR count). The van der Waals surface area contributed by atoms with Gasteiger partial charge in [-0.1, -0.05) is 29.8 Å². The van der Waals surface area contributed by atoms with Crippen molar-refractivity contribution in [2.45, 2.75) is 19.9 Å². The maximum absolute atomic E-state index is 12.6. The number of fused-ring (bicyclic) bond motifs is 1. The molecule has 2 aromatic carbocycles. The number of hydrogen-bond donors (Lipinski definition) is 1. The molecule has 0 aromatic heterocycles. The lowest BCUT2D eigenvalue weighted by Gasteiger charge is -2.29. The Morgan fingerprint density at radius 1 is 1.29 bits per heavy atom. The summed E-state index contributed by atoms with van der Waals surface area (Å²) in [6.45, 7) is 3.22. The zero-order valence-electron chi connectivity index (χ0n) is 11.9. The number of hydrogen-bond acceptors (Lipinski definition) is 2. The average Bonchev–Trinajstić information content (AvgIpc) is 2.49. The highest BCUT2D eigenvalue weighted by Crippen LogP contribution is 2.26. The summed E-state index contributed by atoms with van der Waals surface area (Å²) in [6.07, 6.45) is 0.799. The number of halogens is 1. The minimum absolute atomic E-state index is 0.0185. The van der Waals surface area contributed by atoms with Crippen LogP contribution in [0.1, 0.15) is 27.0 Å². The first-order valence-corrected chi connectivity index (χ1v) is 7.35. The van der Waals surface area contributed by atoms with Gasteiger partial charge in [0.15, 0.2) is 0 Å². The first-order chi connectivity index (χ1) is 10.1. The van der Waals surface area contributed by atoms with Gasteiger partial charge in [-0.15, -0.1) is 0 Å². The Bertz CT molecular complexity index is 712. The van der Waals surface area contributed by atoms with Crippen LogP contribution in [0.4, 0.5) is 5.69 Å². The van der Waals surface area contributed by atoms with E-state index in [9.17, 15) is 4.79 Å². The molecule has 2 aromatic rings. The van der Waals surface area contributed by atoms with Crippen molar-refractivity contribution in [1.29, 1.82) is 0 Å². The van der Waals surface area contributed by atoms with Crippen LogP contribution >= 0.6 is 11.6 Å². The second kappa shape index (κ2) is 5.41. The summed E-state index contributed by atoms with van der Waals surface area (Å²) >= 11 is 6.11. The quantitative estimate of drug-likeness (QED) is 0.820. The number of benzene rings is 2. The molecule has 4 heteroatoms. The third-order valence-corrected chi connectivity index (χ3v) is 4.42. The van der Waals surface area contributed by atoms with Crippen molar-refractivity contribution in [1.82, 2.24) is 4.90 Å². The molecule has 1 aliphatic heterocycles. The van der Waals surface area contributed by atoms with E-state index in [-0.39, 0.29) is 5.91 Å². The number of nitrogen functional groups attached to an aromatic ring is 1. The van der Waals surface area contributed by atoms with Crippen LogP contribution in [0.15, 0.2) is 36.4 Å². The van der Waals surface area contributed by atoms with Crippen LogP contribution in [0.2, 0.25) is 5.02 Å². The van der Waals surface area contributed by atoms with Crippen LogP contribution in [0.3, 0.4) is 0 Å². The van der Waals surface area contributed by atoms with Crippen molar-refractivity contribution >= 4 is 23.2 Å². The van der Waals surface area contributed by atoms with Crippen LogP contribution in [0.5, 0.6) is 0 Å². The smallest absolute Gasteiger partial charge is 0.254 e. The lowest BCUT2D eigenvalue weighted by atomic mass is 9.97. The first-order valence-electron chi connectivity index (χ1n) is 6.98. The van der Waals surface area contributed by atoms with Crippen LogP contribution in [-0.2, 0) is 13.0 Å². The standard InChI is InChI=1S/C17H17ClN2O/c1-11-5-6-12(9-15(11)18)17(21)20-8-7-14-13(10-20)3-2-4-16(14)19/h2-6,9H,7-8,10,19H2,1H3. The maximum atomic E-state index is 12.6. The van der Waals surface area contributed by atoms with Gasteiger partial charge in [-0.2, -0.15) is 0 Å². The predicted octanol–water partition coefficient (Wildman–Crippen LogP) is 3.43. The SMILES string of the molecule is Cc1ccc(C(=O)N2CCc3c(N)cccc3C2)cc1Cl. The minimum atomic E-state index is 0.0185. The lowest BCUT2D eigenvalue weighted by molar-refractivity contribution is 0.0735. The molecule has 21 heavy (non-hydrogen) atoms. The molecule has 0 unspecified atom stereocenters. The van der Waals surface area contributed by atoms with E-state index < -0.39 is 0 Å². The first kappa shape index (κ1) is 14.0. The minimum Gasteiger partial charge on any atom is -0.398 e. The van der Waals surface area contributed by atoms with Crippen molar-refractivity contribution in [3.8, 4) is 0 Å². The van der Waals surface area contributed by atoms with Crippen molar-refractivity contribution in [3.05, 3.63) is 63.7 Å². The van der Waals surface area contributed by atoms with E-state index in [4.69, 9.17) is 17.3 Å². The second-order valence-corrected chi connectivity index (χ2v) is 5.83. The number of amides is 1. The predicted molar refractivity (Wildman–Crippen MR) is 85.5 cm³/mol. The average molecular weight is 301 g/mol. The second-order valence-electron chi connectivity index (χ2n) is 5.43. The van der Waals surface area contributed by atoms with Gasteiger partial charge in [0.1, 0.15) is 0 Å². The van der Waals surface area contributed by atoms with Gasteiger partial charge in [-0.25, -0.2) is 0 Å². The molecule has 0 saturated carbocycles. The molecule has 2 N–H and O–H groups in total. The Balaban J connectivity index is 1.85. The van der Waals surface area contributed by atoms with Crippen molar-refractivity contribution in [2.75, 3.05) is 12.3 Å². The van der Waals surface area contributed by atoms with Crippen molar-refractivity contribution < 1.29 is 4.79 Å². The Morgan fingerprint density at radius 2 is 2.10 bits per heavy atom. The van der Waals surface area contributed by atoms with E-state index in [0.29, 0.717) is 23.7 Å². The van der Waals surface area contributed by atoms with Gasteiger partial charge in [-0.05, 0) is 48.2 Å². The number of anilines is 1. The van der Waals surface area contributed by atoms with Gasteiger partial charge < -0.3 is 10.6 Å². The van der Waals surface area contributed by atoms with Crippen LogP contribution in [0.25, 0.3) is 0 Å². The summed E-state index contributed by atoms with van der Waals surface area (Å²) in [5, 5.41) is 0.627. The molecule has 0 atom stereocenters. The van der Waals surface area contributed by atoms with Gasteiger partial charge in [0.05, 0.1) is 0 Å². The number of nitrogens with zero attached hydrogens (tertiary/aromatic N) is 1. The molecule has 1 amide bonds. The van der Waals surface area contributed by atoms with Crippen LogP contribution in [-0.4, -0.2) is 17.4 Å². The molecule has 0 saturated heterocycles. The fourth-order valence-corrected chi connectivity index (χ4v) is 2.90. The topological polar surface area (TPSA) is 46.3 Å². The van der Waals surface area contributed by atoms with E-state index in [0.717, 1.165) is 23.2 Å². The Kier molecular flexibility index (Phi) is 3.60. The molecule has 0 radical (unpaired) electrons. The highest BCUT2D eigenvalue weighted by molar-refractivity contribution is 6.31. The fourth-order valence-electron chi connectivity index (χ4n) is 2.72. The zero-order chi connectivity index (χ0) is 15.0. The van der Waals surface area contributed by atoms with E-state index in [1.54, 1.807) is 6.07 Å². The number of rotatable bonds is 1. The van der Waals surface area contributed by atoms with Crippen molar-refractivity contribution in [2.24, 2.45) is 0 Å². The lowest BCUT2D eigenvalue weighted by Crippen LogP contribution is -2.36. The maximum Gasteiger partial charge on any atom is 0.254 e.